The predicted molar refractivity (Wildman–Crippen MR) is 89.3 cm³/mol. The quantitative estimate of drug-likeness (QED) is 0.791. The minimum Gasteiger partial charge on any atom is -0.486 e. The number of aryl methyl sites for hydroxylation is 1. The Morgan fingerprint density at radius 3 is 2.62 bits per heavy atom. The number of nitrogens with one attached hydrogen (secondary N) is 1. The summed E-state index contributed by atoms with van der Waals surface area (Å²) in [5, 5.41) is 2.89. The average molecular weight is 395 g/mol. The lowest BCUT2D eigenvalue weighted by molar-refractivity contribution is 0.102. The fraction of sp³-hybridized carbons (Fsp3) is 0.188. The Balaban J connectivity index is 1.80. The van der Waals surface area contributed by atoms with E-state index in [1.54, 1.807) is 18.2 Å². The molecule has 5 heteroatoms. The zero-order chi connectivity index (χ0) is 14.8. The molecule has 1 aliphatic heterocycles. The second-order valence-electron chi connectivity index (χ2n) is 4.78. The van der Waals surface area contributed by atoms with Gasteiger partial charge in [-0.25, -0.2) is 0 Å². The highest BCUT2D eigenvalue weighted by Gasteiger charge is 2.15. The standard InChI is InChI=1S/C16H14INO3/c1-10-2-4-12(9-13(10)17)18-16(19)11-3-5-14-15(8-11)21-7-6-20-14/h2-5,8-9H,6-7H2,1H3,(H,18,19). The van der Waals surface area contributed by atoms with E-state index in [2.05, 4.69) is 27.9 Å². The number of carbonyl (C=O) groups is 1. The number of anilines is 1. The van der Waals surface area contributed by atoms with E-state index in [4.69, 9.17) is 9.47 Å². The first-order chi connectivity index (χ1) is 10.1. The maximum atomic E-state index is 12.3. The molecule has 0 aliphatic carbocycles. The van der Waals surface area contributed by atoms with Gasteiger partial charge >= 0.3 is 0 Å². The lowest BCUT2D eigenvalue weighted by Gasteiger charge is -2.18. The number of carbonyl (C=O) groups excluding carboxylic acids is 1. The Labute approximate surface area is 136 Å². The molecule has 1 amide bonds. The number of fused-ring (bicyclic) bond motifs is 1. The smallest absolute Gasteiger partial charge is 0.255 e. The highest BCUT2D eigenvalue weighted by Crippen LogP contribution is 2.31. The van der Waals surface area contributed by atoms with Crippen LogP contribution in [0.15, 0.2) is 36.4 Å². The van der Waals surface area contributed by atoms with Gasteiger partial charge in [-0.3, -0.25) is 4.79 Å². The van der Waals surface area contributed by atoms with Crippen LogP contribution in [0.1, 0.15) is 15.9 Å². The van der Waals surface area contributed by atoms with Crippen molar-refractivity contribution in [3.05, 3.63) is 51.1 Å². The Morgan fingerprint density at radius 1 is 1.10 bits per heavy atom. The van der Waals surface area contributed by atoms with Crippen molar-refractivity contribution in [3.63, 3.8) is 0 Å². The van der Waals surface area contributed by atoms with Crippen LogP contribution in [0.4, 0.5) is 5.69 Å². The molecule has 0 aromatic heterocycles. The molecule has 108 valence electrons. The Hall–Kier alpha value is -1.76. The number of amides is 1. The fourth-order valence-electron chi connectivity index (χ4n) is 2.06. The lowest BCUT2D eigenvalue weighted by Crippen LogP contribution is -2.17. The average Bonchev–Trinajstić information content (AvgIpc) is 2.50. The van der Waals surface area contributed by atoms with Crippen molar-refractivity contribution in [3.8, 4) is 11.5 Å². The van der Waals surface area contributed by atoms with Crippen molar-refractivity contribution in [2.45, 2.75) is 6.92 Å². The summed E-state index contributed by atoms with van der Waals surface area (Å²) in [6, 6.07) is 11.0. The molecule has 3 rings (SSSR count). The molecule has 0 bridgehead atoms. The first-order valence-corrected chi connectivity index (χ1v) is 7.68. The second-order valence-corrected chi connectivity index (χ2v) is 5.94. The van der Waals surface area contributed by atoms with Crippen LogP contribution in [0.25, 0.3) is 0 Å². The van der Waals surface area contributed by atoms with Gasteiger partial charge in [0.2, 0.25) is 0 Å². The van der Waals surface area contributed by atoms with Crippen molar-refractivity contribution < 1.29 is 14.3 Å². The van der Waals surface area contributed by atoms with Gasteiger partial charge in [0.05, 0.1) is 0 Å². The molecule has 0 saturated carbocycles. The van der Waals surface area contributed by atoms with E-state index in [-0.39, 0.29) is 5.91 Å². The topological polar surface area (TPSA) is 47.6 Å². The minimum atomic E-state index is -0.161. The fourth-order valence-corrected chi connectivity index (χ4v) is 2.57. The molecule has 2 aromatic carbocycles. The number of hydrogen-bond donors (Lipinski definition) is 1. The normalized spacial score (nSPS) is 12.9. The molecule has 1 heterocycles. The Morgan fingerprint density at radius 2 is 1.86 bits per heavy atom. The van der Waals surface area contributed by atoms with Crippen LogP contribution >= 0.6 is 22.6 Å². The number of hydrogen-bond acceptors (Lipinski definition) is 3. The van der Waals surface area contributed by atoms with Gasteiger partial charge in [0.1, 0.15) is 13.2 Å². The molecule has 4 nitrogen and oxygen atoms in total. The zero-order valence-corrected chi connectivity index (χ0v) is 13.6. The summed E-state index contributed by atoms with van der Waals surface area (Å²) < 4.78 is 12.1. The van der Waals surface area contributed by atoms with E-state index in [1.807, 2.05) is 25.1 Å². The van der Waals surface area contributed by atoms with E-state index in [1.165, 1.54) is 5.56 Å². The summed E-state index contributed by atoms with van der Waals surface area (Å²) in [4.78, 5) is 12.3. The van der Waals surface area contributed by atoms with Gasteiger partial charge < -0.3 is 14.8 Å². The summed E-state index contributed by atoms with van der Waals surface area (Å²) in [6.07, 6.45) is 0. The van der Waals surface area contributed by atoms with Gasteiger partial charge in [0.25, 0.3) is 5.91 Å². The van der Waals surface area contributed by atoms with E-state index < -0.39 is 0 Å². The number of rotatable bonds is 2. The van der Waals surface area contributed by atoms with Crippen molar-refractivity contribution in [1.29, 1.82) is 0 Å². The molecule has 1 aliphatic rings. The molecule has 0 saturated heterocycles. The van der Waals surface area contributed by atoms with Crippen LogP contribution in [0.2, 0.25) is 0 Å². The first-order valence-electron chi connectivity index (χ1n) is 6.60. The number of halogens is 1. The molecular weight excluding hydrogens is 381 g/mol. The van der Waals surface area contributed by atoms with E-state index in [0.717, 1.165) is 9.26 Å². The molecule has 2 aromatic rings. The van der Waals surface area contributed by atoms with E-state index in [0.29, 0.717) is 30.3 Å². The SMILES string of the molecule is Cc1ccc(NC(=O)c2ccc3c(c2)OCCO3)cc1I. The molecule has 0 atom stereocenters. The van der Waals surface area contributed by atoms with Gasteiger partial charge in [-0.05, 0) is 65.4 Å². The van der Waals surface area contributed by atoms with E-state index >= 15 is 0 Å². The summed E-state index contributed by atoms with van der Waals surface area (Å²) in [6.45, 7) is 3.09. The van der Waals surface area contributed by atoms with Gasteiger partial charge in [-0.1, -0.05) is 6.07 Å². The van der Waals surface area contributed by atoms with Gasteiger partial charge in [0, 0.05) is 14.8 Å². The molecule has 0 spiro atoms. The summed E-state index contributed by atoms with van der Waals surface area (Å²) in [5.74, 6) is 1.14. The van der Waals surface area contributed by atoms with Crippen LogP contribution in [0, 0.1) is 10.5 Å². The third-order valence-corrected chi connectivity index (χ3v) is 4.40. The molecule has 0 unspecified atom stereocenters. The lowest BCUT2D eigenvalue weighted by atomic mass is 10.1. The maximum Gasteiger partial charge on any atom is 0.255 e. The maximum absolute atomic E-state index is 12.3. The predicted octanol–water partition coefficient (Wildman–Crippen LogP) is 3.62. The van der Waals surface area contributed by atoms with Crippen molar-refractivity contribution in [2.24, 2.45) is 0 Å². The van der Waals surface area contributed by atoms with Gasteiger partial charge in [-0.2, -0.15) is 0 Å². The number of benzene rings is 2. The number of ether oxygens (including phenoxy) is 2. The van der Waals surface area contributed by atoms with Crippen molar-refractivity contribution in [1.82, 2.24) is 0 Å². The third-order valence-electron chi connectivity index (χ3n) is 3.23. The summed E-state index contributed by atoms with van der Waals surface area (Å²) >= 11 is 2.25. The van der Waals surface area contributed by atoms with Crippen LogP contribution in [-0.2, 0) is 0 Å². The van der Waals surface area contributed by atoms with Crippen LogP contribution in [0.5, 0.6) is 11.5 Å². The molecule has 1 N–H and O–H groups in total. The first kappa shape index (κ1) is 14.2. The van der Waals surface area contributed by atoms with Gasteiger partial charge in [0.15, 0.2) is 11.5 Å². The van der Waals surface area contributed by atoms with Crippen molar-refractivity contribution in [2.75, 3.05) is 18.5 Å². The minimum absolute atomic E-state index is 0.161. The van der Waals surface area contributed by atoms with Crippen molar-refractivity contribution >= 4 is 34.2 Å². The largest absolute Gasteiger partial charge is 0.486 e. The van der Waals surface area contributed by atoms with E-state index in [9.17, 15) is 4.79 Å². The van der Waals surface area contributed by atoms with Crippen LogP contribution < -0.4 is 14.8 Å². The Kier molecular flexibility index (Phi) is 4.01. The highest BCUT2D eigenvalue weighted by atomic mass is 127. The summed E-state index contributed by atoms with van der Waals surface area (Å²) in [5.41, 5.74) is 2.52. The third kappa shape index (κ3) is 3.12. The Bertz CT molecular complexity index is 700. The second kappa shape index (κ2) is 5.93. The molecular formula is C16H14INO3. The van der Waals surface area contributed by atoms with Gasteiger partial charge in [-0.15, -0.1) is 0 Å². The van der Waals surface area contributed by atoms with Crippen LogP contribution in [0.3, 0.4) is 0 Å². The monoisotopic (exact) mass is 395 g/mol. The van der Waals surface area contributed by atoms with Crippen LogP contribution in [-0.4, -0.2) is 19.1 Å². The molecule has 21 heavy (non-hydrogen) atoms. The summed E-state index contributed by atoms with van der Waals surface area (Å²) in [7, 11) is 0. The molecule has 0 radical (unpaired) electrons. The zero-order valence-electron chi connectivity index (χ0n) is 11.5. The highest BCUT2D eigenvalue weighted by molar-refractivity contribution is 14.1. The molecule has 0 fully saturated rings.